The average Bonchev–Trinajstić information content (AvgIpc) is 3.01. The molecule has 0 bridgehead atoms. The molecule has 30 heavy (non-hydrogen) atoms. The van der Waals surface area contributed by atoms with Gasteiger partial charge in [0.15, 0.2) is 5.16 Å². The number of carbonyl (C=O) groups excluding carboxylic acids is 1. The van der Waals surface area contributed by atoms with Gasteiger partial charge in [-0.1, -0.05) is 30.0 Å². The number of hydrogen-bond acceptors (Lipinski definition) is 7. The molecule has 9 heteroatoms. The highest BCUT2D eigenvalue weighted by atomic mass is 32.2. The van der Waals surface area contributed by atoms with Crippen molar-refractivity contribution in [3.63, 3.8) is 0 Å². The number of thioether (sulfide) groups is 1. The number of nitrogens with zero attached hydrogens (tertiary/aromatic N) is 3. The van der Waals surface area contributed by atoms with Crippen molar-refractivity contribution in [1.29, 1.82) is 0 Å². The average molecular weight is 429 g/mol. The van der Waals surface area contributed by atoms with Gasteiger partial charge in [0.2, 0.25) is 0 Å². The Morgan fingerprint density at radius 2 is 1.93 bits per heavy atom. The maximum Gasteiger partial charge on any atom is 0.326 e. The Labute approximate surface area is 178 Å². The molecule has 158 valence electrons. The van der Waals surface area contributed by atoms with Crippen LogP contribution in [-0.4, -0.2) is 38.4 Å². The normalized spacial score (nSPS) is 11.4. The van der Waals surface area contributed by atoms with Crippen LogP contribution in [-0.2, 0) is 16.1 Å². The van der Waals surface area contributed by atoms with Gasteiger partial charge in [0, 0.05) is 17.9 Å². The number of hydrogen-bond donors (Lipinski definition) is 0. The van der Waals surface area contributed by atoms with Gasteiger partial charge in [-0.05, 0) is 39.0 Å². The predicted molar refractivity (Wildman–Crippen MR) is 115 cm³/mol. The Hall–Kier alpha value is -3.07. The third kappa shape index (κ3) is 5.73. The van der Waals surface area contributed by atoms with Crippen LogP contribution in [0.4, 0.5) is 5.69 Å². The highest BCUT2D eigenvalue weighted by Crippen LogP contribution is 2.27. The summed E-state index contributed by atoms with van der Waals surface area (Å²) in [5, 5.41) is 11.8. The zero-order valence-electron chi connectivity index (χ0n) is 17.0. The number of rotatable bonds is 8. The van der Waals surface area contributed by atoms with Crippen LogP contribution in [0.2, 0.25) is 0 Å². The van der Waals surface area contributed by atoms with Crippen molar-refractivity contribution in [1.82, 2.24) is 9.55 Å². The summed E-state index contributed by atoms with van der Waals surface area (Å²) in [6, 6.07) is 13.9. The summed E-state index contributed by atoms with van der Waals surface area (Å²) in [5.41, 5.74) is 0.407. The lowest BCUT2D eigenvalue weighted by Gasteiger charge is -2.20. The lowest BCUT2D eigenvalue weighted by molar-refractivity contribution is -0.384. The van der Waals surface area contributed by atoms with Gasteiger partial charge >= 0.3 is 5.97 Å². The quantitative estimate of drug-likeness (QED) is 0.171. The summed E-state index contributed by atoms with van der Waals surface area (Å²) in [4.78, 5) is 27.7. The Morgan fingerprint density at radius 3 is 2.60 bits per heavy atom. The number of non-ortho nitro benzene ring substituents is 1. The minimum absolute atomic E-state index is 0.0585. The van der Waals surface area contributed by atoms with E-state index in [4.69, 9.17) is 9.47 Å². The maximum atomic E-state index is 12.4. The number of fused-ring (bicyclic) bond motifs is 1. The SMILES string of the molecule is CC(C)(C)OC(=O)Cn1c(SCCOc2ccccc2)nc2ccc([N+](=O)[O-])cc21. The summed E-state index contributed by atoms with van der Waals surface area (Å²) in [6.45, 7) is 5.73. The van der Waals surface area contributed by atoms with Gasteiger partial charge in [0.25, 0.3) is 5.69 Å². The van der Waals surface area contributed by atoms with E-state index in [0.717, 1.165) is 5.75 Å². The Kier molecular flexibility index (Phi) is 6.61. The van der Waals surface area contributed by atoms with E-state index in [-0.39, 0.29) is 12.2 Å². The first-order valence-electron chi connectivity index (χ1n) is 9.40. The van der Waals surface area contributed by atoms with Crippen molar-refractivity contribution < 1.29 is 19.2 Å². The molecule has 1 aromatic heterocycles. The number of ether oxygens (including phenoxy) is 2. The van der Waals surface area contributed by atoms with Crippen LogP contribution < -0.4 is 4.74 Å². The minimum atomic E-state index is -0.629. The van der Waals surface area contributed by atoms with Crippen molar-refractivity contribution in [2.75, 3.05) is 12.4 Å². The molecule has 0 spiro atoms. The minimum Gasteiger partial charge on any atom is -0.493 e. The molecule has 2 aromatic carbocycles. The van der Waals surface area contributed by atoms with E-state index in [1.54, 1.807) is 31.4 Å². The van der Waals surface area contributed by atoms with E-state index in [1.165, 1.54) is 23.9 Å². The lowest BCUT2D eigenvalue weighted by Crippen LogP contribution is -2.26. The van der Waals surface area contributed by atoms with Crippen LogP contribution in [0.25, 0.3) is 11.0 Å². The van der Waals surface area contributed by atoms with Gasteiger partial charge in [-0.15, -0.1) is 0 Å². The molecule has 1 heterocycles. The number of esters is 1. The number of benzene rings is 2. The van der Waals surface area contributed by atoms with Crippen LogP contribution in [0.3, 0.4) is 0 Å². The van der Waals surface area contributed by atoms with E-state index in [1.807, 2.05) is 30.3 Å². The summed E-state index contributed by atoms with van der Waals surface area (Å²) in [7, 11) is 0. The zero-order valence-corrected chi connectivity index (χ0v) is 17.8. The molecule has 0 radical (unpaired) electrons. The first-order valence-corrected chi connectivity index (χ1v) is 10.4. The second-order valence-electron chi connectivity index (χ2n) is 7.51. The fraction of sp³-hybridized carbons (Fsp3) is 0.333. The smallest absolute Gasteiger partial charge is 0.326 e. The van der Waals surface area contributed by atoms with Crippen LogP contribution >= 0.6 is 11.8 Å². The zero-order chi connectivity index (χ0) is 21.7. The molecule has 0 saturated heterocycles. The van der Waals surface area contributed by atoms with E-state index >= 15 is 0 Å². The van der Waals surface area contributed by atoms with Crippen LogP contribution in [0, 0.1) is 10.1 Å². The Balaban J connectivity index is 1.80. The maximum absolute atomic E-state index is 12.4. The molecule has 0 N–H and O–H groups in total. The van der Waals surface area contributed by atoms with Crippen LogP contribution in [0.1, 0.15) is 20.8 Å². The molecule has 8 nitrogen and oxygen atoms in total. The molecule has 0 saturated carbocycles. The van der Waals surface area contributed by atoms with Gasteiger partial charge in [-0.3, -0.25) is 14.9 Å². The molecule has 3 rings (SSSR count). The molecule has 0 aliphatic carbocycles. The van der Waals surface area contributed by atoms with Crippen LogP contribution in [0.5, 0.6) is 5.75 Å². The van der Waals surface area contributed by atoms with E-state index in [2.05, 4.69) is 4.98 Å². The van der Waals surface area contributed by atoms with Crippen molar-refractivity contribution in [3.05, 3.63) is 58.6 Å². The van der Waals surface area contributed by atoms with Gasteiger partial charge in [0.1, 0.15) is 17.9 Å². The van der Waals surface area contributed by atoms with E-state index < -0.39 is 16.5 Å². The number of carbonyl (C=O) groups is 1. The van der Waals surface area contributed by atoms with Gasteiger partial charge in [-0.2, -0.15) is 0 Å². The molecule has 0 aliphatic heterocycles. The van der Waals surface area contributed by atoms with Crippen molar-refractivity contribution >= 4 is 34.5 Å². The number of para-hydroxylation sites is 1. The molecule has 0 aliphatic rings. The topological polar surface area (TPSA) is 96.5 Å². The lowest BCUT2D eigenvalue weighted by atomic mass is 10.2. The van der Waals surface area contributed by atoms with E-state index in [0.29, 0.717) is 28.5 Å². The summed E-state index contributed by atoms with van der Waals surface area (Å²) in [5.74, 6) is 0.931. The summed E-state index contributed by atoms with van der Waals surface area (Å²) in [6.07, 6.45) is 0. The Morgan fingerprint density at radius 1 is 1.20 bits per heavy atom. The summed E-state index contributed by atoms with van der Waals surface area (Å²) >= 11 is 1.42. The molecule has 0 atom stereocenters. The first-order chi connectivity index (χ1) is 14.2. The fourth-order valence-corrected chi connectivity index (χ4v) is 3.61. The van der Waals surface area contributed by atoms with Crippen LogP contribution in [0.15, 0.2) is 53.7 Å². The molecule has 0 unspecified atom stereocenters. The molecule has 0 fully saturated rings. The van der Waals surface area contributed by atoms with Gasteiger partial charge in [0.05, 0.1) is 22.6 Å². The van der Waals surface area contributed by atoms with E-state index in [9.17, 15) is 14.9 Å². The largest absolute Gasteiger partial charge is 0.493 e. The molecule has 0 amide bonds. The van der Waals surface area contributed by atoms with Gasteiger partial charge in [-0.25, -0.2) is 4.98 Å². The third-order valence-corrected chi connectivity index (χ3v) is 4.88. The highest BCUT2D eigenvalue weighted by Gasteiger charge is 2.21. The highest BCUT2D eigenvalue weighted by molar-refractivity contribution is 7.99. The number of nitro benzene ring substituents is 1. The number of aromatic nitrogens is 2. The van der Waals surface area contributed by atoms with Gasteiger partial charge < -0.3 is 14.0 Å². The standard InChI is InChI=1S/C21H23N3O5S/c1-21(2,3)29-19(25)14-23-18-13-15(24(26)27)9-10-17(18)22-20(23)30-12-11-28-16-7-5-4-6-8-16/h4-10,13H,11-12,14H2,1-3H3. The second kappa shape index (κ2) is 9.17. The number of nitro groups is 1. The first kappa shape index (κ1) is 21.6. The van der Waals surface area contributed by atoms with Crippen molar-refractivity contribution in [3.8, 4) is 5.75 Å². The Bertz CT molecular complexity index is 1040. The third-order valence-electron chi connectivity index (χ3n) is 3.94. The predicted octanol–water partition coefficient (Wildman–Crippen LogP) is 4.46. The van der Waals surface area contributed by atoms with Crippen molar-refractivity contribution in [2.24, 2.45) is 0 Å². The monoisotopic (exact) mass is 429 g/mol. The molecular weight excluding hydrogens is 406 g/mol. The second-order valence-corrected chi connectivity index (χ2v) is 8.57. The number of imidazole rings is 1. The fourth-order valence-electron chi connectivity index (χ4n) is 2.78. The molecular formula is C21H23N3O5S. The molecule has 3 aromatic rings. The van der Waals surface area contributed by atoms with Crippen molar-refractivity contribution in [2.45, 2.75) is 38.1 Å². The summed E-state index contributed by atoms with van der Waals surface area (Å²) < 4.78 is 12.8.